The van der Waals surface area contributed by atoms with Gasteiger partial charge in [-0.2, -0.15) is 0 Å². The molecule has 5 heteroatoms. The first-order valence-electron chi connectivity index (χ1n) is 6.26. The van der Waals surface area contributed by atoms with Gasteiger partial charge in [0, 0.05) is 12.3 Å². The van der Waals surface area contributed by atoms with Crippen LogP contribution < -0.4 is 5.73 Å². The van der Waals surface area contributed by atoms with Crippen LogP contribution in [0, 0.1) is 17.8 Å². The van der Waals surface area contributed by atoms with E-state index in [1.807, 2.05) is 0 Å². The standard InChI is InChI=1S/C12H19NO4/c13-9(10(14)15)8-7-1-6-2-11(16,4-7)5-12(8,17)3-6/h6-9,16-17H,1-5,13H2,(H,14,15)/t6?,7?,8-,9-,11+,12+/m0/s1. The van der Waals surface area contributed by atoms with Crippen molar-refractivity contribution in [3.05, 3.63) is 0 Å². The lowest BCUT2D eigenvalue weighted by Gasteiger charge is -2.62. The first kappa shape index (κ1) is 11.4. The molecule has 0 spiro atoms. The summed E-state index contributed by atoms with van der Waals surface area (Å²) in [6, 6.07) is -1.02. The maximum Gasteiger partial charge on any atom is 0.320 e. The largest absolute Gasteiger partial charge is 0.480 e. The van der Waals surface area contributed by atoms with Gasteiger partial charge in [0.1, 0.15) is 6.04 Å². The van der Waals surface area contributed by atoms with Gasteiger partial charge < -0.3 is 21.1 Å². The molecule has 2 unspecified atom stereocenters. The third kappa shape index (κ3) is 1.53. The van der Waals surface area contributed by atoms with E-state index < -0.39 is 29.1 Å². The maximum atomic E-state index is 11.0. The number of carboxylic acid groups (broad SMARTS) is 1. The number of hydrogen-bond donors (Lipinski definition) is 4. The minimum absolute atomic E-state index is 0.0531. The highest BCUT2D eigenvalue weighted by Gasteiger charge is 2.63. The molecule has 0 aromatic heterocycles. The first-order chi connectivity index (χ1) is 7.83. The molecule has 0 saturated heterocycles. The molecular formula is C12H19NO4. The zero-order chi connectivity index (χ0) is 12.4. The molecule has 0 aromatic rings. The molecule has 0 aliphatic heterocycles. The van der Waals surface area contributed by atoms with Gasteiger partial charge in [-0.3, -0.25) is 4.79 Å². The molecule has 17 heavy (non-hydrogen) atoms. The Morgan fingerprint density at radius 2 is 2.00 bits per heavy atom. The Hall–Kier alpha value is -0.650. The molecule has 0 heterocycles. The Morgan fingerprint density at radius 1 is 1.29 bits per heavy atom. The predicted octanol–water partition coefficient (Wildman–Crippen LogP) is -0.300. The van der Waals surface area contributed by atoms with E-state index in [0.717, 1.165) is 12.8 Å². The van der Waals surface area contributed by atoms with Gasteiger partial charge in [0.15, 0.2) is 0 Å². The van der Waals surface area contributed by atoms with Crippen LogP contribution in [0.4, 0.5) is 0 Å². The molecular weight excluding hydrogens is 222 g/mol. The van der Waals surface area contributed by atoms with Crippen LogP contribution in [0.5, 0.6) is 0 Å². The molecule has 0 amide bonds. The van der Waals surface area contributed by atoms with E-state index in [9.17, 15) is 15.0 Å². The lowest BCUT2D eigenvalue weighted by molar-refractivity contribution is -0.236. The van der Waals surface area contributed by atoms with Crippen LogP contribution in [0.1, 0.15) is 32.1 Å². The fourth-order valence-electron chi connectivity index (χ4n) is 4.89. The Kier molecular flexibility index (Phi) is 2.16. The monoisotopic (exact) mass is 241 g/mol. The SMILES string of the molecule is N[C@H](C(=O)O)[C@@H]1C2CC3C[C@@](O)(C2)C[C@]1(O)C3. The molecule has 96 valence electrons. The molecule has 4 fully saturated rings. The Balaban J connectivity index is 1.95. The maximum absolute atomic E-state index is 11.0. The summed E-state index contributed by atoms with van der Waals surface area (Å²) in [6.07, 6.45) is 3.13. The van der Waals surface area contributed by atoms with Crippen LogP contribution in [0.15, 0.2) is 0 Å². The highest BCUT2D eigenvalue weighted by molar-refractivity contribution is 5.74. The number of carboxylic acids is 1. The Morgan fingerprint density at radius 3 is 2.53 bits per heavy atom. The van der Waals surface area contributed by atoms with Gasteiger partial charge in [-0.1, -0.05) is 0 Å². The molecule has 5 N–H and O–H groups in total. The summed E-state index contributed by atoms with van der Waals surface area (Å²) in [5.41, 5.74) is 3.87. The predicted molar refractivity (Wildman–Crippen MR) is 59.1 cm³/mol. The smallest absolute Gasteiger partial charge is 0.320 e. The quantitative estimate of drug-likeness (QED) is 0.531. The van der Waals surface area contributed by atoms with Crippen LogP contribution in [-0.4, -0.2) is 38.5 Å². The summed E-state index contributed by atoms with van der Waals surface area (Å²) in [6.45, 7) is 0. The molecule has 4 aliphatic carbocycles. The number of aliphatic carboxylic acids is 1. The van der Waals surface area contributed by atoms with Crippen molar-refractivity contribution in [3.8, 4) is 0 Å². The second-order valence-electron chi connectivity index (χ2n) is 6.37. The lowest BCUT2D eigenvalue weighted by Crippen LogP contribution is -2.68. The van der Waals surface area contributed by atoms with Gasteiger partial charge in [-0.15, -0.1) is 0 Å². The van der Waals surface area contributed by atoms with Crippen LogP contribution in [0.3, 0.4) is 0 Å². The van der Waals surface area contributed by atoms with Crippen LogP contribution in [-0.2, 0) is 4.79 Å². The number of nitrogens with two attached hydrogens (primary N) is 1. The highest BCUT2D eigenvalue weighted by atomic mass is 16.4. The van der Waals surface area contributed by atoms with Crippen LogP contribution in [0.2, 0.25) is 0 Å². The van der Waals surface area contributed by atoms with Crippen LogP contribution in [0.25, 0.3) is 0 Å². The van der Waals surface area contributed by atoms with Crippen molar-refractivity contribution in [2.75, 3.05) is 0 Å². The van der Waals surface area contributed by atoms with Gasteiger partial charge in [-0.05, 0) is 37.5 Å². The molecule has 0 radical (unpaired) electrons. The second-order valence-corrected chi connectivity index (χ2v) is 6.37. The molecule has 0 aromatic carbocycles. The summed E-state index contributed by atoms with van der Waals surface area (Å²) in [7, 11) is 0. The van der Waals surface area contributed by atoms with Crippen molar-refractivity contribution in [2.24, 2.45) is 23.5 Å². The minimum atomic E-state index is -1.07. The van der Waals surface area contributed by atoms with E-state index >= 15 is 0 Å². The minimum Gasteiger partial charge on any atom is -0.480 e. The van der Waals surface area contributed by atoms with Crippen molar-refractivity contribution in [2.45, 2.75) is 49.3 Å². The summed E-state index contributed by atoms with van der Waals surface area (Å²) < 4.78 is 0. The van der Waals surface area contributed by atoms with Crippen molar-refractivity contribution < 1.29 is 20.1 Å². The summed E-state index contributed by atoms with van der Waals surface area (Å²) in [4.78, 5) is 11.0. The number of carbonyl (C=O) groups is 1. The van der Waals surface area contributed by atoms with E-state index in [2.05, 4.69) is 0 Å². The third-order valence-corrected chi connectivity index (χ3v) is 5.02. The van der Waals surface area contributed by atoms with E-state index in [-0.39, 0.29) is 5.92 Å². The van der Waals surface area contributed by atoms with E-state index in [1.165, 1.54) is 0 Å². The van der Waals surface area contributed by atoms with Gasteiger partial charge in [0.25, 0.3) is 0 Å². The van der Waals surface area contributed by atoms with Crippen molar-refractivity contribution in [3.63, 3.8) is 0 Å². The molecule has 4 bridgehead atoms. The molecule has 4 aliphatic rings. The average molecular weight is 241 g/mol. The topological polar surface area (TPSA) is 104 Å². The zero-order valence-corrected chi connectivity index (χ0v) is 9.67. The number of aliphatic hydroxyl groups is 2. The Labute approximate surface area is 99.6 Å². The molecule has 4 rings (SSSR count). The number of rotatable bonds is 2. The van der Waals surface area contributed by atoms with E-state index in [1.54, 1.807) is 0 Å². The van der Waals surface area contributed by atoms with Gasteiger partial charge in [0.2, 0.25) is 0 Å². The van der Waals surface area contributed by atoms with Gasteiger partial charge >= 0.3 is 5.97 Å². The first-order valence-corrected chi connectivity index (χ1v) is 6.26. The average Bonchev–Trinajstić information content (AvgIpc) is 2.11. The summed E-state index contributed by atoms with van der Waals surface area (Å²) in [5, 5.41) is 30.0. The van der Waals surface area contributed by atoms with Crippen molar-refractivity contribution in [1.82, 2.24) is 0 Å². The van der Waals surface area contributed by atoms with E-state index in [4.69, 9.17) is 10.8 Å². The van der Waals surface area contributed by atoms with Crippen LogP contribution >= 0.6 is 0 Å². The summed E-state index contributed by atoms with van der Waals surface area (Å²) >= 11 is 0. The zero-order valence-electron chi connectivity index (χ0n) is 9.67. The van der Waals surface area contributed by atoms with E-state index in [0.29, 0.717) is 25.2 Å². The second kappa shape index (κ2) is 3.22. The molecule has 5 nitrogen and oxygen atoms in total. The molecule has 6 atom stereocenters. The summed E-state index contributed by atoms with van der Waals surface area (Å²) in [5.74, 6) is -1.08. The Bertz CT molecular complexity index is 374. The molecule has 4 saturated carbocycles. The van der Waals surface area contributed by atoms with Gasteiger partial charge in [0.05, 0.1) is 11.2 Å². The van der Waals surface area contributed by atoms with Crippen molar-refractivity contribution in [1.29, 1.82) is 0 Å². The highest BCUT2D eigenvalue weighted by Crippen LogP contribution is 2.60. The van der Waals surface area contributed by atoms with Crippen molar-refractivity contribution >= 4 is 5.97 Å². The fourth-order valence-corrected chi connectivity index (χ4v) is 4.89. The number of hydrogen-bond acceptors (Lipinski definition) is 4. The van der Waals surface area contributed by atoms with Gasteiger partial charge in [-0.25, -0.2) is 0 Å². The normalized spacial score (nSPS) is 53.7. The lowest BCUT2D eigenvalue weighted by atomic mass is 9.47. The fraction of sp³-hybridized carbons (Fsp3) is 0.917. The third-order valence-electron chi connectivity index (χ3n) is 5.02.